The Labute approximate surface area is 210 Å². The second-order valence-corrected chi connectivity index (χ2v) is 12.5. The lowest BCUT2D eigenvalue weighted by Gasteiger charge is -2.60. The number of ether oxygens (including phenoxy) is 1. The molecule has 3 saturated carbocycles. The fourth-order valence-electron chi connectivity index (χ4n) is 8.84. The van der Waals surface area contributed by atoms with E-state index in [-0.39, 0.29) is 28.5 Å². The molecular weight excluding hydrogens is 440 g/mol. The summed E-state index contributed by atoms with van der Waals surface area (Å²) in [5.74, 6) is 1.96. The van der Waals surface area contributed by atoms with E-state index >= 15 is 0 Å². The van der Waals surface area contributed by atoms with Gasteiger partial charge in [0.05, 0.1) is 12.5 Å². The highest BCUT2D eigenvalue weighted by Gasteiger charge is 2.62. The summed E-state index contributed by atoms with van der Waals surface area (Å²) in [6.07, 6.45) is 14.1. The molecule has 0 aromatic carbocycles. The third kappa shape index (κ3) is 4.64. The number of rotatable bonds is 8. The standard InChI is InChI=1S/C30H44O5/c1-18(7-6-8-19(2)28(33)34)25-11-12-26-24-10-9-21-15-23(32)13-14-29(21,4)27(24)16-22(30(25,26)5)17-35-20(3)31/h13-15,18-19,22,24-27H,6-12,16-17H2,1-5H3,(H,33,34)/t18-,19+,22+,24+,25-,26+,27+,29+,30-/m1/s1. The molecule has 4 aliphatic carbocycles. The van der Waals surface area contributed by atoms with Crippen LogP contribution in [0.5, 0.6) is 0 Å². The van der Waals surface area contributed by atoms with Gasteiger partial charge in [0.25, 0.3) is 0 Å². The number of ketones is 1. The Morgan fingerprint density at radius 2 is 1.89 bits per heavy atom. The number of carboxylic acids is 1. The van der Waals surface area contributed by atoms with Crippen LogP contribution in [0.25, 0.3) is 0 Å². The molecule has 9 atom stereocenters. The predicted octanol–water partition coefficient (Wildman–Crippen LogP) is 6.23. The highest BCUT2D eigenvalue weighted by molar-refractivity contribution is 6.01. The number of carboxylic acid groups (broad SMARTS) is 1. The van der Waals surface area contributed by atoms with E-state index in [4.69, 9.17) is 4.74 Å². The van der Waals surface area contributed by atoms with Crippen LogP contribution in [0.4, 0.5) is 0 Å². The average Bonchev–Trinajstić information content (AvgIpc) is 3.16. The van der Waals surface area contributed by atoms with Crippen molar-refractivity contribution in [3.05, 3.63) is 23.8 Å². The van der Waals surface area contributed by atoms with Gasteiger partial charge in [0, 0.05) is 12.3 Å². The SMILES string of the molecule is CC(=O)OC[C@@H]1C[C@H]2[C@@H](CCC3=CC(=O)C=C[C@@]32C)[C@@H]2CC[C@H]([C@H](C)CCC[C@H](C)C(=O)O)[C@@]12C. The van der Waals surface area contributed by atoms with Crippen molar-refractivity contribution in [2.75, 3.05) is 6.61 Å². The maximum atomic E-state index is 12.1. The monoisotopic (exact) mass is 484 g/mol. The molecule has 0 radical (unpaired) electrons. The van der Waals surface area contributed by atoms with Crippen molar-refractivity contribution >= 4 is 17.7 Å². The van der Waals surface area contributed by atoms with Crippen LogP contribution in [0.2, 0.25) is 0 Å². The summed E-state index contributed by atoms with van der Waals surface area (Å²) in [5, 5.41) is 9.25. The molecule has 3 fully saturated rings. The van der Waals surface area contributed by atoms with Crippen LogP contribution in [0.3, 0.4) is 0 Å². The number of esters is 1. The highest BCUT2D eigenvalue weighted by Crippen LogP contribution is 2.69. The molecule has 0 bridgehead atoms. The van der Waals surface area contributed by atoms with Crippen molar-refractivity contribution in [2.45, 2.75) is 86.0 Å². The van der Waals surface area contributed by atoms with Gasteiger partial charge >= 0.3 is 11.9 Å². The van der Waals surface area contributed by atoms with Gasteiger partial charge in [-0.1, -0.05) is 52.2 Å². The largest absolute Gasteiger partial charge is 0.481 e. The van der Waals surface area contributed by atoms with Crippen molar-refractivity contribution in [3.63, 3.8) is 0 Å². The van der Waals surface area contributed by atoms with Crippen LogP contribution < -0.4 is 0 Å². The van der Waals surface area contributed by atoms with E-state index in [1.54, 1.807) is 13.0 Å². The molecule has 1 N–H and O–H groups in total. The van der Waals surface area contributed by atoms with Crippen molar-refractivity contribution in [1.29, 1.82) is 0 Å². The first kappa shape index (κ1) is 26.2. The van der Waals surface area contributed by atoms with E-state index in [0.717, 1.165) is 38.5 Å². The predicted molar refractivity (Wildman–Crippen MR) is 135 cm³/mol. The molecule has 0 heterocycles. The maximum absolute atomic E-state index is 12.1. The van der Waals surface area contributed by atoms with Crippen LogP contribution in [0.15, 0.2) is 23.8 Å². The molecule has 0 saturated heterocycles. The van der Waals surface area contributed by atoms with Crippen LogP contribution >= 0.6 is 0 Å². The van der Waals surface area contributed by atoms with Gasteiger partial charge in [0.15, 0.2) is 5.78 Å². The molecular formula is C30H44O5. The normalized spacial score (nSPS) is 39.6. The number of allylic oxidation sites excluding steroid dienone is 4. The molecule has 4 rings (SSSR count). The fraction of sp³-hybridized carbons (Fsp3) is 0.767. The van der Waals surface area contributed by atoms with Gasteiger partial charge in [-0.3, -0.25) is 14.4 Å². The Kier molecular flexibility index (Phi) is 7.37. The van der Waals surface area contributed by atoms with E-state index in [1.807, 2.05) is 6.08 Å². The zero-order chi connectivity index (χ0) is 25.5. The van der Waals surface area contributed by atoms with Crippen molar-refractivity contribution in [3.8, 4) is 0 Å². The summed E-state index contributed by atoms with van der Waals surface area (Å²) in [6, 6.07) is 0. The van der Waals surface area contributed by atoms with E-state index < -0.39 is 5.97 Å². The average molecular weight is 485 g/mol. The minimum absolute atomic E-state index is 0.0801. The number of hydrogen-bond donors (Lipinski definition) is 1. The third-order valence-electron chi connectivity index (χ3n) is 10.9. The lowest BCUT2D eigenvalue weighted by atomic mass is 9.44. The molecule has 0 aliphatic heterocycles. The second kappa shape index (κ2) is 9.86. The fourth-order valence-corrected chi connectivity index (χ4v) is 8.84. The summed E-state index contributed by atoms with van der Waals surface area (Å²) in [4.78, 5) is 35.2. The van der Waals surface area contributed by atoms with Crippen LogP contribution in [0.1, 0.15) is 86.0 Å². The molecule has 0 spiro atoms. The molecule has 0 aromatic rings. The van der Waals surface area contributed by atoms with Crippen LogP contribution in [0, 0.1) is 52.3 Å². The first-order chi connectivity index (χ1) is 16.5. The molecule has 0 aromatic heterocycles. The van der Waals surface area contributed by atoms with Gasteiger partial charge in [0.2, 0.25) is 0 Å². The summed E-state index contributed by atoms with van der Waals surface area (Å²) in [7, 11) is 0. The summed E-state index contributed by atoms with van der Waals surface area (Å²) in [5.41, 5.74) is 1.32. The molecule has 5 nitrogen and oxygen atoms in total. The lowest BCUT2D eigenvalue weighted by molar-refractivity contribution is -0.152. The molecule has 5 heteroatoms. The molecule has 35 heavy (non-hydrogen) atoms. The Morgan fingerprint density at radius 1 is 1.14 bits per heavy atom. The first-order valence-electron chi connectivity index (χ1n) is 13.8. The lowest BCUT2D eigenvalue weighted by Crippen LogP contribution is -2.55. The smallest absolute Gasteiger partial charge is 0.306 e. The molecule has 194 valence electrons. The van der Waals surface area contributed by atoms with E-state index in [9.17, 15) is 19.5 Å². The van der Waals surface area contributed by atoms with Gasteiger partial charge in [-0.05, 0) is 91.6 Å². The second-order valence-electron chi connectivity index (χ2n) is 12.5. The number of aliphatic carboxylic acids is 1. The summed E-state index contributed by atoms with van der Waals surface area (Å²) >= 11 is 0. The van der Waals surface area contributed by atoms with Crippen molar-refractivity contribution in [2.24, 2.45) is 52.3 Å². The third-order valence-corrected chi connectivity index (χ3v) is 10.9. The first-order valence-corrected chi connectivity index (χ1v) is 13.8. The number of hydrogen-bond acceptors (Lipinski definition) is 4. The summed E-state index contributed by atoms with van der Waals surface area (Å²) in [6.45, 7) is 10.9. The van der Waals surface area contributed by atoms with E-state index in [2.05, 4.69) is 26.8 Å². The number of carbonyl (C=O) groups excluding carboxylic acids is 2. The Morgan fingerprint density at radius 3 is 2.57 bits per heavy atom. The van der Waals surface area contributed by atoms with E-state index in [0.29, 0.717) is 42.1 Å². The quantitative estimate of drug-likeness (QED) is 0.413. The molecule has 4 aliphatic rings. The van der Waals surface area contributed by atoms with Crippen molar-refractivity contribution < 1.29 is 24.2 Å². The zero-order valence-corrected chi connectivity index (χ0v) is 22.2. The van der Waals surface area contributed by atoms with Crippen LogP contribution in [-0.4, -0.2) is 29.4 Å². The highest BCUT2D eigenvalue weighted by atomic mass is 16.5. The van der Waals surface area contributed by atoms with Gasteiger partial charge in [0.1, 0.15) is 0 Å². The molecule has 0 amide bonds. The number of carbonyl (C=O) groups is 3. The van der Waals surface area contributed by atoms with E-state index in [1.165, 1.54) is 25.3 Å². The van der Waals surface area contributed by atoms with Crippen LogP contribution in [-0.2, 0) is 19.1 Å². The Bertz CT molecular complexity index is 918. The Balaban J connectivity index is 1.58. The number of fused-ring (bicyclic) bond motifs is 5. The topological polar surface area (TPSA) is 80.7 Å². The zero-order valence-electron chi connectivity index (χ0n) is 22.2. The molecule has 0 unspecified atom stereocenters. The maximum Gasteiger partial charge on any atom is 0.306 e. The van der Waals surface area contributed by atoms with Gasteiger partial charge in [-0.25, -0.2) is 0 Å². The van der Waals surface area contributed by atoms with Gasteiger partial charge in [-0.2, -0.15) is 0 Å². The summed E-state index contributed by atoms with van der Waals surface area (Å²) < 4.78 is 5.70. The van der Waals surface area contributed by atoms with Gasteiger partial charge in [-0.15, -0.1) is 0 Å². The van der Waals surface area contributed by atoms with Crippen molar-refractivity contribution in [1.82, 2.24) is 0 Å². The minimum Gasteiger partial charge on any atom is -0.481 e. The minimum atomic E-state index is -0.706. The van der Waals surface area contributed by atoms with Gasteiger partial charge < -0.3 is 9.84 Å². The Hall–Kier alpha value is -1.91.